The summed E-state index contributed by atoms with van der Waals surface area (Å²) in [5.74, 6) is 0. The molecule has 0 aliphatic heterocycles. The molecule has 0 spiro atoms. The number of halogens is 1. The number of hydrogen-bond acceptors (Lipinski definition) is 3. The third-order valence-electron chi connectivity index (χ3n) is 2.39. The van der Waals surface area contributed by atoms with Gasteiger partial charge >= 0.3 is 6.09 Å². The van der Waals surface area contributed by atoms with Crippen LogP contribution in [0.15, 0.2) is 22.9 Å². The van der Waals surface area contributed by atoms with Crippen molar-refractivity contribution in [3.63, 3.8) is 0 Å². The molecule has 4 nitrogen and oxygen atoms in total. The summed E-state index contributed by atoms with van der Waals surface area (Å²) in [7, 11) is 0. The molecule has 5 heteroatoms. The molecule has 0 unspecified atom stereocenters. The molecule has 1 amide bonds. The van der Waals surface area contributed by atoms with Gasteiger partial charge in [0.25, 0.3) is 0 Å². The van der Waals surface area contributed by atoms with Gasteiger partial charge in [0.1, 0.15) is 10.2 Å². The lowest BCUT2D eigenvalue weighted by Gasteiger charge is -2.30. The predicted octanol–water partition coefficient (Wildman–Crippen LogP) is 3.99. The first-order valence-electron chi connectivity index (χ1n) is 6.29. The molecule has 1 heterocycles. The largest absolute Gasteiger partial charge is 0.444 e. The van der Waals surface area contributed by atoms with E-state index in [9.17, 15) is 4.79 Å². The van der Waals surface area contributed by atoms with Crippen LogP contribution in [-0.4, -0.2) is 27.6 Å². The molecule has 1 rings (SSSR count). The van der Waals surface area contributed by atoms with Crippen LogP contribution < -0.4 is 0 Å². The second-order valence-corrected chi connectivity index (χ2v) is 6.50. The van der Waals surface area contributed by atoms with E-state index in [-0.39, 0.29) is 12.1 Å². The predicted molar refractivity (Wildman–Crippen MR) is 78.9 cm³/mol. The van der Waals surface area contributed by atoms with Crippen LogP contribution in [0.2, 0.25) is 0 Å². The number of amides is 1. The minimum absolute atomic E-state index is 0.0681. The van der Waals surface area contributed by atoms with Crippen molar-refractivity contribution >= 4 is 22.0 Å². The second kappa shape index (κ2) is 6.37. The third kappa shape index (κ3) is 5.59. The van der Waals surface area contributed by atoms with E-state index in [2.05, 4.69) is 20.9 Å². The van der Waals surface area contributed by atoms with E-state index in [1.807, 2.05) is 46.8 Å². The van der Waals surface area contributed by atoms with E-state index < -0.39 is 5.60 Å². The van der Waals surface area contributed by atoms with E-state index >= 15 is 0 Å². The number of hydrogen-bond donors (Lipinski definition) is 0. The summed E-state index contributed by atoms with van der Waals surface area (Å²) < 4.78 is 6.20. The molecule has 19 heavy (non-hydrogen) atoms. The Hall–Kier alpha value is -1.10. The van der Waals surface area contributed by atoms with Crippen molar-refractivity contribution in [1.82, 2.24) is 9.88 Å². The van der Waals surface area contributed by atoms with Crippen molar-refractivity contribution in [2.75, 3.05) is 0 Å². The van der Waals surface area contributed by atoms with Crippen molar-refractivity contribution in [1.29, 1.82) is 0 Å². The normalized spacial score (nSPS) is 11.5. The van der Waals surface area contributed by atoms with Gasteiger partial charge in [0.2, 0.25) is 0 Å². The number of pyridine rings is 1. The second-order valence-electron chi connectivity index (χ2n) is 5.69. The molecule has 0 saturated carbocycles. The molecule has 0 aliphatic carbocycles. The van der Waals surface area contributed by atoms with Crippen LogP contribution in [0.4, 0.5) is 4.79 Å². The lowest BCUT2D eigenvalue weighted by atomic mass is 10.2. The summed E-state index contributed by atoms with van der Waals surface area (Å²) in [5, 5.41) is 0. The summed E-state index contributed by atoms with van der Waals surface area (Å²) in [5.41, 5.74) is 0.491. The van der Waals surface area contributed by atoms with Crippen LogP contribution in [0, 0.1) is 0 Å². The fourth-order valence-corrected chi connectivity index (χ4v) is 1.71. The zero-order valence-electron chi connectivity index (χ0n) is 12.1. The van der Waals surface area contributed by atoms with Gasteiger partial charge in [0.15, 0.2) is 0 Å². The van der Waals surface area contributed by atoms with Crippen LogP contribution in [0.3, 0.4) is 0 Å². The molecule has 0 bridgehead atoms. The van der Waals surface area contributed by atoms with Gasteiger partial charge in [-0.3, -0.25) is 0 Å². The fourth-order valence-electron chi connectivity index (χ4n) is 1.48. The zero-order valence-corrected chi connectivity index (χ0v) is 13.7. The molecule has 0 atom stereocenters. The standard InChI is InChI=1S/C14H21BrN2O2/c1-10(2)17(13(18)19-14(3,4)5)9-11-6-7-12(15)16-8-11/h6-8,10H,9H2,1-5H3. The number of carbonyl (C=O) groups excluding carboxylic acids is 1. The topological polar surface area (TPSA) is 42.4 Å². The number of carbonyl (C=O) groups is 1. The summed E-state index contributed by atoms with van der Waals surface area (Å²) in [6.07, 6.45) is 1.45. The maximum atomic E-state index is 12.1. The van der Waals surface area contributed by atoms with Crippen LogP contribution in [0.25, 0.3) is 0 Å². The van der Waals surface area contributed by atoms with E-state index in [4.69, 9.17) is 4.74 Å². The van der Waals surface area contributed by atoms with Crippen LogP contribution in [0.5, 0.6) is 0 Å². The van der Waals surface area contributed by atoms with Gasteiger partial charge in [0, 0.05) is 12.2 Å². The van der Waals surface area contributed by atoms with Gasteiger partial charge < -0.3 is 9.64 Å². The van der Waals surface area contributed by atoms with Crippen molar-refractivity contribution < 1.29 is 9.53 Å². The maximum Gasteiger partial charge on any atom is 0.410 e. The highest BCUT2D eigenvalue weighted by Crippen LogP contribution is 2.15. The van der Waals surface area contributed by atoms with E-state index in [1.54, 1.807) is 11.1 Å². The molecule has 1 aromatic heterocycles. The molecule has 0 aromatic carbocycles. The number of rotatable bonds is 3. The van der Waals surface area contributed by atoms with Crippen molar-refractivity contribution in [2.24, 2.45) is 0 Å². The Balaban J connectivity index is 2.78. The number of ether oxygens (including phenoxy) is 1. The van der Waals surface area contributed by atoms with Crippen LogP contribution >= 0.6 is 15.9 Å². The molecule has 0 radical (unpaired) electrons. The lowest BCUT2D eigenvalue weighted by molar-refractivity contribution is 0.0172. The first-order valence-corrected chi connectivity index (χ1v) is 7.08. The van der Waals surface area contributed by atoms with Crippen molar-refractivity contribution in [3.05, 3.63) is 28.5 Å². The summed E-state index contributed by atoms with van der Waals surface area (Å²) >= 11 is 3.29. The first-order chi connectivity index (χ1) is 8.69. The average molecular weight is 329 g/mol. The summed E-state index contributed by atoms with van der Waals surface area (Å²) in [6.45, 7) is 10.0. The Morgan fingerprint density at radius 3 is 2.47 bits per heavy atom. The molecular formula is C14H21BrN2O2. The van der Waals surface area contributed by atoms with Gasteiger partial charge in [-0.2, -0.15) is 0 Å². The van der Waals surface area contributed by atoms with Crippen LogP contribution in [-0.2, 0) is 11.3 Å². The van der Waals surface area contributed by atoms with Crippen LogP contribution in [0.1, 0.15) is 40.2 Å². The summed E-state index contributed by atoms with van der Waals surface area (Å²) in [4.78, 5) is 18.0. The highest BCUT2D eigenvalue weighted by atomic mass is 79.9. The van der Waals surface area contributed by atoms with E-state index in [1.165, 1.54) is 0 Å². The minimum Gasteiger partial charge on any atom is -0.444 e. The van der Waals surface area contributed by atoms with Crippen molar-refractivity contribution in [3.8, 4) is 0 Å². The average Bonchev–Trinajstić information content (AvgIpc) is 2.25. The Morgan fingerprint density at radius 1 is 1.42 bits per heavy atom. The first kappa shape index (κ1) is 16.0. The maximum absolute atomic E-state index is 12.1. The van der Waals surface area contributed by atoms with E-state index in [0.717, 1.165) is 10.2 Å². The molecule has 106 valence electrons. The highest BCUT2D eigenvalue weighted by molar-refractivity contribution is 9.10. The van der Waals surface area contributed by atoms with Crippen molar-refractivity contribution in [2.45, 2.75) is 52.8 Å². The molecule has 1 aromatic rings. The zero-order chi connectivity index (χ0) is 14.6. The molecule has 0 saturated heterocycles. The highest BCUT2D eigenvalue weighted by Gasteiger charge is 2.24. The SMILES string of the molecule is CC(C)N(Cc1ccc(Br)nc1)C(=O)OC(C)(C)C. The Morgan fingerprint density at radius 2 is 2.05 bits per heavy atom. The Bertz CT molecular complexity index is 424. The van der Waals surface area contributed by atoms with Gasteiger partial charge in [-0.05, 0) is 62.2 Å². The molecular weight excluding hydrogens is 308 g/mol. The summed E-state index contributed by atoms with van der Waals surface area (Å²) in [6, 6.07) is 3.87. The Labute approximate surface area is 123 Å². The third-order valence-corrected chi connectivity index (χ3v) is 2.86. The molecule has 0 aliphatic rings. The monoisotopic (exact) mass is 328 g/mol. The Kier molecular flexibility index (Phi) is 5.35. The molecule has 0 N–H and O–H groups in total. The van der Waals surface area contributed by atoms with Gasteiger partial charge in [-0.25, -0.2) is 9.78 Å². The quantitative estimate of drug-likeness (QED) is 0.788. The molecule has 0 fully saturated rings. The lowest BCUT2D eigenvalue weighted by Crippen LogP contribution is -2.40. The van der Waals surface area contributed by atoms with Gasteiger partial charge in [-0.15, -0.1) is 0 Å². The fraction of sp³-hybridized carbons (Fsp3) is 0.571. The van der Waals surface area contributed by atoms with Gasteiger partial charge in [-0.1, -0.05) is 6.07 Å². The van der Waals surface area contributed by atoms with E-state index in [0.29, 0.717) is 6.54 Å². The number of aromatic nitrogens is 1. The van der Waals surface area contributed by atoms with Gasteiger partial charge in [0.05, 0.1) is 6.54 Å². The smallest absolute Gasteiger partial charge is 0.410 e. The number of nitrogens with zero attached hydrogens (tertiary/aromatic N) is 2. The minimum atomic E-state index is -0.484.